The van der Waals surface area contributed by atoms with Gasteiger partial charge in [0.05, 0.1) is 4.92 Å². The summed E-state index contributed by atoms with van der Waals surface area (Å²) in [6.45, 7) is 0.139. The van der Waals surface area contributed by atoms with E-state index in [9.17, 15) is 10.1 Å². The number of hydrogen-bond acceptors (Lipinski definition) is 6. The van der Waals surface area contributed by atoms with Crippen LogP contribution < -0.4 is 0 Å². The van der Waals surface area contributed by atoms with Crippen molar-refractivity contribution >= 4 is 28.1 Å². The summed E-state index contributed by atoms with van der Waals surface area (Å²) >= 11 is 2.49. The van der Waals surface area contributed by atoms with Gasteiger partial charge in [-0.05, 0) is 17.8 Å². The predicted molar refractivity (Wildman–Crippen MR) is 51.2 cm³/mol. The van der Waals surface area contributed by atoms with Gasteiger partial charge < -0.3 is 5.11 Å². The molecule has 5 nitrogen and oxygen atoms in total. The molecule has 1 aromatic rings. The standard InChI is InChI=1S/C6H8N2O3S2/c9-2-1-3-12-6-7-4-5(13-6)8(10)11/h4,9H,1-3H2. The number of nitro groups is 1. The first-order valence-electron chi connectivity index (χ1n) is 3.58. The highest BCUT2D eigenvalue weighted by atomic mass is 32.2. The SMILES string of the molecule is O=[N+]([O-])c1cnc(SCCCO)s1. The normalized spacial score (nSPS) is 10.2. The van der Waals surface area contributed by atoms with E-state index >= 15 is 0 Å². The van der Waals surface area contributed by atoms with Gasteiger partial charge in [-0.2, -0.15) is 0 Å². The lowest BCUT2D eigenvalue weighted by Crippen LogP contribution is -1.84. The van der Waals surface area contributed by atoms with Gasteiger partial charge in [-0.1, -0.05) is 11.8 Å². The molecule has 0 unspecified atom stereocenters. The lowest BCUT2D eigenvalue weighted by Gasteiger charge is -1.91. The van der Waals surface area contributed by atoms with Crippen molar-refractivity contribution < 1.29 is 10.0 Å². The van der Waals surface area contributed by atoms with Crippen molar-refractivity contribution in [2.45, 2.75) is 10.8 Å². The molecule has 0 aromatic carbocycles. The predicted octanol–water partition coefficient (Wildman–Crippen LogP) is 1.53. The summed E-state index contributed by atoms with van der Waals surface area (Å²) in [5, 5.41) is 18.8. The number of aromatic nitrogens is 1. The molecule has 13 heavy (non-hydrogen) atoms. The van der Waals surface area contributed by atoms with Crippen LogP contribution in [0.5, 0.6) is 0 Å². The average molecular weight is 220 g/mol. The largest absolute Gasteiger partial charge is 0.396 e. The van der Waals surface area contributed by atoms with Crippen LogP contribution in [-0.4, -0.2) is 27.4 Å². The highest BCUT2D eigenvalue weighted by molar-refractivity contribution is 8.01. The van der Waals surface area contributed by atoms with E-state index in [1.807, 2.05) is 0 Å². The molecule has 1 rings (SSSR count). The van der Waals surface area contributed by atoms with Crippen molar-refractivity contribution in [1.82, 2.24) is 4.98 Å². The lowest BCUT2D eigenvalue weighted by molar-refractivity contribution is -0.380. The van der Waals surface area contributed by atoms with Crippen LogP contribution in [0.15, 0.2) is 10.5 Å². The van der Waals surface area contributed by atoms with Crippen LogP contribution in [0.2, 0.25) is 0 Å². The second kappa shape index (κ2) is 5.15. The Morgan fingerprint density at radius 3 is 3.08 bits per heavy atom. The maximum Gasteiger partial charge on any atom is 0.344 e. The number of hydrogen-bond donors (Lipinski definition) is 1. The van der Waals surface area contributed by atoms with E-state index in [0.29, 0.717) is 10.8 Å². The smallest absolute Gasteiger partial charge is 0.344 e. The molecule has 0 aliphatic rings. The number of nitrogens with zero attached hydrogens (tertiary/aromatic N) is 2. The Hall–Kier alpha value is -0.660. The summed E-state index contributed by atoms with van der Waals surface area (Å²) in [5.74, 6) is 0.737. The summed E-state index contributed by atoms with van der Waals surface area (Å²) in [6.07, 6.45) is 1.93. The van der Waals surface area contributed by atoms with Gasteiger partial charge in [-0.25, -0.2) is 4.98 Å². The molecule has 0 saturated carbocycles. The molecular formula is C6H8N2O3S2. The van der Waals surface area contributed by atoms with E-state index in [1.54, 1.807) is 0 Å². The summed E-state index contributed by atoms with van der Waals surface area (Å²) in [6, 6.07) is 0. The fraction of sp³-hybridized carbons (Fsp3) is 0.500. The maximum atomic E-state index is 10.3. The molecule has 0 atom stereocenters. The number of thioether (sulfide) groups is 1. The molecule has 1 N–H and O–H groups in total. The molecule has 7 heteroatoms. The van der Waals surface area contributed by atoms with Crippen molar-refractivity contribution in [3.8, 4) is 0 Å². The average Bonchev–Trinajstić information content (AvgIpc) is 2.53. The van der Waals surface area contributed by atoms with Gasteiger partial charge in [-0.3, -0.25) is 10.1 Å². The van der Waals surface area contributed by atoms with Crippen LogP contribution in [-0.2, 0) is 0 Å². The first-order valence-corrected chi connectivity index (χ1v) is 5.38. The Labute approximate surface area is 83.0 Å². The third-order valence-electron chi connectivity index (χ3n) is 1.18. The van der Waals surface area contributed by atoms with Gasteiger partial charge >= 0.3 is 5.00 Å². The lowest BCUT2D eigenvalue weighted by atomic mass is 10.5. The molecule has 0 aliphatic heterocycles. The quantitative estimate of drug-likeness (QED) is 0.352. The summed E-state index contributed by atoms with van der Waals surface area (Å²) in [7, 11) is 0. The van der Waals surface area contributed by atoms with Gasteiger partial charge in [0.2, 0.25) is 0 Å². The third kappa shape index (κ3) is 3.29. The van der Waals surface area contributed by atoms with Crippen molar-refractivity contribution in [3.63, 3.8) is 0 Å². The fourth-order valence-corrected chi connectivity index (χ4v) is 2.41. The topological polar surface area (TPSA) is 76.3 Å². The van der Waals surface area contributed by atoms with Crippen molar-refractivity contribution in [1.29, 1.82) is 0 Å². The molecule has 1 heterocycles. The van der Waals surface area contributed by atoms with Crippen LogP contribution in [0, 0.1) is 10.1 Å². The third-order valence-corrected chi connectivity index (χ3v) is 3.37. The van der Waals surface area contributed by atoms with Crippen LogP contribution in [0.4, 0.5) is 5.00 Å². The molecule has 1 aromatic heterocycles. The van der Waals surface area contributed by atoms with E-state index in [0.717, 1.165) is 17.1 Å². The zero-order valence-electron chi connectivity index (χ0n) is 6.67. The number of aliphatic hydroxyl groups is 1. The van der Waals surface area contributed by atoms with E-state index in [-0.39, 0.29) is 11.6 Å². The fourth-order valence-electron chi connectivity index (χ4n) is 0.625. The minimum atomic E-state index is -0.451. The van der Waals surface area contributed by atoms with Gasteiger partial charge in [0, 0.05) is 12.4 Å². The first-order chi connectivity index (χ1) is 6.24. The number of rotatable bonds is 5. The summed E-state index contributed by atoms with van der Waals surface area (Å²) in [4.78, 5) is 13.7. The summed E-state index contributed by atoms with van der Waals surface area (Å²) < 4.78 is 0.681. The number of thiazole rings is 1. The van der Waals surface area contributed by atoms with Crippen molar-refractivity contribution in [2.24, 2.45) is 0 Å². The molecular weight excluding hydrogens is 212 g/mol. The van der Waals surface area contributed by atoms with E-state index in [2.05, 4.69) is 4.98 Å². The van der Waals surface area contributed by atoms with Gasteiger partial charge in [0.15, 0.2) is 4.34 Å². The van der Waals surface area contributed by atoms with E-state index in [4.69, 9.17) is 5.11 Å². The molecule has 0 saturated heterocycles. The molecule has 0 radical (unpaired) electrons. The van der Waals surface area contributed by atoms with E-state index in [1.165, 1.54) is 18.0 Å². The Balaban J connectivity index is 2.44. The minimum Gasteiger partial charge on any atom is -0.396 e. The monoisotopic (exact) mass is 220 g/mol. The van der Waals surface area contributed by atoms with Crippen molar-refractivity contribution in [3.05, 3.63) is 16.3 Å². The molecule has 72 valence electrons. The molecule has 0 fully saturated rings. The Morgan fingerprint density at radius 2 is 2.54 bits per heavy atom. The van der Waals surface area contributed by atoms with Crippen molar-refractivity contribution in [2.75, 3.05) is 12.4 Å². The zero-order valence-corrected chi connectivity index (χ0v) is 8.31. The Kier molecular flexibility index (Phi) is 4.13. The van der Waals surface area contributed by atoms with Crippen LogP contribution in [0.3, 0.4) is 0 Å². The van der Waals surface area contributed by atoms with Gasteiger partial charge in [0.1, 0.15) is 6.20 Å². The highest BCUT2D eigenvalue weighted by Crippen LogP contribution is 2.29. The van der Waals surface area contributed by atoms with Crippen LogP contribution in [0.25, 0.3) is 0 Å². The Bertz CT molecular complexity index is 289. The molecule has 0 bridgehead atoms. The van der Waals surface area contributed by atoms with Gasteiger partial charge in [-0.15, -0.1) is 0 Å². The van der Waals surface area contributed by atoms with E-state index < -0.39 is 4.92 Å². The Morgan fingerprint density at radius 1 is 1.77 bits per heavy atom. The number of aliphatic hydroxyl groups excluding tert-OH is 1. The van der Waals surface area contributed by atoms with Crippen LogP contribution >= 0.6 is 23.1 Å². The molecule has 0 aliphatic carbocycles. The minimum absolute atomic E-state index is 0.0616. The first kappa shape index (κ1) is 10.4. The second-order valence-corrected chi connectivity index (χ2v) is 4.50. The highest BCUT2D eigenvalue weighted by Gasteiger charge is 2.10. The maximum absolute atomic E-state index is 10.3. The zero-order chi connectivity index (χ0) is 9.68. The summed E-state index contributed by atoms with van der Waals surface area (Å²) in [5.41, 5.74) is 0. The molecule has 0 spiro atoms. The van der Waals surface area contributed by atoms with Crippen LogP contribution in [0.1, 0.15) is 6.42 Å². The second-order valence-electron chi connectivity index (χ2n) is 2.15. The van der Waals surface area contributed by atoms with Gasteiger partial charge in [0.25, 0.3) is 0 Å². The molecule has 0 amide bonds.